The summed E-state index contributed by atoms with van der Waals surface area (Å²) in [6, 6.07) is 0. The first-order chi connectivity index (χ1) is 9.42. The number of aryl methyl sites for hydroxylation is 2. The summed E-state index contributed by atoms with van der Waals surface area (Å²) in [5, 5.41) is 4.19. The normalized spacial score (nSPS) is 16.9. The highest BCUT2D eigenvalue weighted by molar-refractivity contribution is 7.89. The molecule has 0 atom stereocenters. The van der Waals surface area contributed by atoms with E-state index in [0.29, 0.717) is 12.2 Å². The van der Waals surface area contributed by atoms with Gasteiger partial charge in [-0.2, -0.15) is 5.10 Å². The Kier molecular flexibility index (Phi) is 5.09. The molecule has 1 fully saturated rings. The molecule has 1 heterocycles. The number of hydrogen-bond acceptors (Lipinski definition) is 3. The lowest BCUT2D eigenvalue weighted by Gasteiger charge is -2.09. The predicted octanol–water partition coefficient (Wildman–Crippen LogP) is 2.63. The first-order valence-electron chi connectivity index (χ1n) is 7.10. The van der Waals surface area contributed by atoms with E-state index >= 15 is 0 Å². The number of hydrogen-bond donors (Lipinski definition) is 1. The summed E-state index contributed by atoms with van der Waals surface area (Å²) in [6.45, 7) is 2.11. The number of nitrogens with one attached hydrogen (secondary N) is 1. The van der Waals surface area contributed by atoms with Gasteiger partial charge in [0.15, 0.2) is 0 Å². The SMILES string of the molecule is Cc1nn(C)c(Cl)c1S(=O)(=O)NCCCC1CCCC1. The molecule has 0 unspecified atom stereocenters. The van der Waals surface area contributed by atoms with Crippen LogP contribution in [-0.2, 0) is 17.1 Å². The average molecular weight is 320 g/mol. The lowest BCUT2D eigenvalue weighted by atomic mass is 10.0. The molecular formula is C13H22ClN3O2S. The Balaban J connectivity index is 1.90. The van der Waals surface area contributed by atoms with Crippen molar-refractivity contribution in [3.63, 3.8) is 0 Å². The maximum atomic E-state index is 12.2. The highest BCUT2D eigenvalue weighted by atomic mass is 35.5. The second-order valence-corrected chi connectivity index (χ2v) is 7.58. The van der Waals surface area contributed by atoms with Gasteiger partial charge in [-0.25, -0.2) is 13.1 Å². The van der Waals surface area contributed by atoms with Crippen molar-refractivity contribution in [1.82, 2.24) is 14.5 Å². The summed E-state index contributed by atoms with van der Waals surface area (Å²) in [5.41, 5.74) is 0.431. The summed E-state index contributed by atoms with van der Waals surface area (Å²) < 4.78 is 28.5. The van der Waals surface area contributed by atoms with Crippen LogP contribution in [0.4, 0.5) is 0 Å². The van der Waals surface area contributed by atoms with Gasteiger partial charge in [0.25, 0.3) is 0 Å². The molecule has 1 aromatic heterocycles. The van der Waals surface area contributed by atoms with Gasteiger partial charge in [0, 0.05) is 13.6 Å². The fourth-order valence-electron chi connectivity index (χ4n) is 2.88. The van der Waals surface area contributed by atoms with Crippen molar-refractivity contribution in [1.29, 1.82) is 0 Å². The first-order valence-corrected chi connectivity index (χ1v) is 8.96. The largest absolute Gasteiger partial charge is 0.255 e. The zero-order chi connectivity index (χ0) is 14.8. The number of sulfonamides is 1. The molecule has 0 aliphatic heterocycles. The molecule has 20 heavy (non-hydrogen) atoms. The zero-order valence-electron chi connectivity index (χ0n) is 12.0. The van der Waals surface area contributed by atoms with Gasteiger partial charge in [-0.15, -0.1) is 0 Å². The molecule has 1 aromatic rings. The summed E-state index contributed by atoms with van der Waals surface area (Å²) in [5.74, 6) is 0.781. The summed E-state index contributed by atoms with van der Waals surface area (Å²) in [7, 11) is -1.93. The minimum atomic E-state index is -3.56. The minimum Gasteiger partial charge on any atom is -0.255 e. The second-order valence-electron chi connectivity index (χ2n) is 5.52. The van der Waals surface area contributed by atoms with E-state index in [1.165, 1.54) is 30.4 Å². The van der Waals surface area contributed by atoms with Crippen LogP contribution in [0.25, 0.3) is 0 Å². The molecule has 2 rings (SSSR count). The Hall–Kier alpha value is -0.590. The van der Waals surface area contributed by atoms with Gasteiger partial charge in [-0.3, -0.25) is 4.68 Å². The van der Waals surface area contributed by atoms with Crippen LogP contribution in [0.5, 0.6) is 0 Å². The molecule has 0 aromatic carbocycles. The number of aromatic nitrogens is 2. The van der Waals surface area contributed by atoms with E-state index in [0.717, 1.165) is 18.8 Å². The van der Waals surface area contributed by atoms with Gasteiger partial charge in [0.1, 0.15) is 10.0 Å². The lowest BCUT2D eigenvalue weighted by Crippen LogP contribution is -2.25. The molecule has 1 saturated carbocycles. The number of rotatable bonds is 6. The van der Waals surface area contributed by atoms with Crippen LogP contribution in [0.1, 0.15) is 44.2 Å². The molecule has 0 amide bonds. The van der Waals surface area contributed by atoms with Crippen molar-refractivity contribution in [2.75, 3.05) is 6.54 Å². The predicted molar refractivity (Wildman–Crippen MR) is 79.3 cm³/mol. The number of nitrogens with zero attached hydrogens (tertiary/aromatic N) is 2. The average Bonchev–Trinajstić information content (AvgIpc) is 2.95. The minimum absolute atomic E-state index is 0.0996. The van der Waals surface area contributed by atoms with Crippen molar-refractivity contribution < 1.29 is 8.42 Å². The van der Waals surface area contributed by atoms with Crippen LogP contribution in [0, 0.1) is 12.8 Å². The standard InChI is InChI=1S/C13H22ClN3O2S/c1-10-12(13(14)17(2)16-10)20(18,19)15-9-5-8-11-6-3-4-7-11/h11,15H,3-9H2,1-2H3. The summed E-state index contributed by atoms with van der Waals surface area (Å²) in [4.78, 5) is 0.0996. The highest BCUT2D eigenvalue weighted by Crippen LogP contribution is 2.28. The van der Waals surface area contributed by atoms with Gasteiger partial charge in [-0.05, 0) is 25.7 Å². The van der Waals surface area contributed by atoms with Crippen molar-refractivity contribution in [2.24, 2.45) is 13.0 Å². The van der Waals surface area contributed by atoms with E-state index in [-0.39, 0.29) is 10.0 Å². The van der Waals surface area contributed by atoms with Crippen LogP contribution in [0.2, 0.25) is 5.15 Å². The lowest BCUT2D eigenvalue weighted by molar-refractivity contribution is 0.480. The molecular weight excluding hydrogens is 298 g/mol. The van der Waals surface area contributed by atoms with Crippen molar-refractivity contribution in [3.8, 4) is 0 Å². The smallest absolute Gasteiger partial charge is 0.245 e. The molecule has 0 radical (unpaired) electrons. The van der Waals surface area contributed by atoms with Crippen molar-refractivity contribution >= 4 is 21.6 Å². The van der Waals surface area contributed by atoms with Crippen LogP contribution in [0.15, 0.2) is 4.90 Å². The van der Waals surface area contributed by atoms with Gasteiger partial charge in [0.2, 0.25) is 10.0 Å². The Morgan fingerprint density at radius 3 is 2.60 bits per heavy atom. The topological polar surface area (TPSA) is 64.0 Å². The monoisotopic (exact) mass is 319 g/mol. The Bertz CT molecular complexity index is 562. The van der Waals surface area contributed by atoms with E-state index < -0.39 is 10.0 Å². The molecule has 0 saturated heterocycles. The molecule has 0 spiro atoms. The molecule has 0 bridgehead atoms. The van der Waals surface area contributed by atoms with Gasteiger partial charge < -0.3 is 0 Å². The Morgan fingerprint density at radius 1 is 1.40 bits per heavy atom. The van der Waals surface area contributed by atoms with Crippen LogP contribution < -0.4 is 4.72 Å². The third-order valence-corrected chi connectivity index (χ3v) is 6.08. The summed E-state index contributed by atoms with van der Waals surface area (Å²) >= 11 is 6.00. The fourth-order valence-corrected chi connectivity index (χ4v) is 4.70. The van der Waals surface area contributed by atoms with Crippen LogP contribution in [-0.4, -0.2) is 24.7 Å². The third kappa shape index (κ3) is 3.54. The maximum Gasteiger partial charge on any atom is 0.245 e. The van der Waals surface area contributed by atoms with Crippen molar-refractivity contribution in [2.45, 2.75) is 50.3 Å². The summed E-state index contributed by atoms with van der Waals surface area (Å²) in [6.07, 6.45) is 7.20. The molecule has 114 valence electrons. The van der Waals surface area contributed by atoms with E-state index in [9.17, 15) is 8.42 Å². The van der Waals surface area contributed by atoms with E-state index in [1.807, 2.05) is 0 Å². The molecule has 7 heteroatoms. The van der Waals surface area contributed by atoms with E-state index in [4.69, 9.17) is 11.6 Å². The van der Waals surface area contributed by atoms with Crippen molar-refractivity contribution in [3.05, 3.63) is 10.8 Å². The molecule has 5 nitrogen and oxygen atoms in total. The van der Waals surface area contributed by atoms with Crippen LogP contribution in [0.3, 0.4) is 0 Å². The fraction of sp³-hybridized carbons (Fsp3) is 0.769. The van der Waals surface area contributed by atoms with E-state index in [1.54, 1.807) is 14.0 Å². The number of halogens is 1. The quantitative estimate of drug-likeness (QED) is 0.820. The highest BCUT2D eigenvalue weighted by Gasteiger charge is 2.24. The first kappa shape index (κ1) is 15.8. The van der Waals surface area contributed by atoms with Gasteiger partial charge in [-0.1, -0.05) is 37.3 Å². The third-order valence-electron chi connectivity index (χ3n) is 3.92. The molecule has 1 aliphatic rings. The van der Waals surface area contributed by atoms with E-state index in [2.05, 4.69) is 9.82 Å². The zero-order valence-corrected chi connectivity index (χ0v) is 13.6. The second kappa shape index (κ2) is 6.45. The van der Waals surface area contributed by atoms with Gasteiger partial charge in [0.05, 0.1) is 5.69 Å². The maximum absolute atomic E-state index is 12.2. The molecule has 1 N–H and O–H groups in total. The van der Waals surface area contributed by atoms with Crippen LogP contribution >= 0.6 is 11.6 Å². The molecule has 1 aliphatic carbocycles. The van der Waals surface area contributed by atoms with Gasteiger partial charge >= 0.3 is 0 Å². The Labute approximate surface area is 125 Å². The Morgan fingerprint density at radius 2 is 2.05 bits per heavy atom.